The molecule has 9 nitrogen and oxygen atoms in total. The lowest BCUT2D eigenvalue weighted by Gasteiger charge is -2.36. The molecule has 0 spiro atoms. The van der Waals surface area contributed by atoms with Gasteiger partial charge in [0.15, 0.2) is 23.3 Å². The minimum absolute atomic E-state index is 0.0245. The Labute approximate surface area is 188 Å². The van der Waals surface area contributed by atoms with Crippen LogP contribution >= 0.6 is 0 Å². The molecular formula is C21H23F3N8O. The van der Waals surface area contributed by atoms with Crippen LogP contribution in [0, 0.1) is 30.3 Å². The third kappa shape index (κ3) is 4.45. The Morgan fingerprint density at radius 3 is 2.55 bits per heavy atom. The highest BCUT2D eigenvalue weighted by molar-refractivity contribution is 6.03. The van der Waals surface area contributed by atoms with Gasteiger partial charge in [0, 0.05) is 7.05 Å². The predicted molar refractivity (Wildman–Crippen MR) is 115 cm³/mol. The van der Waals surface area contributed by atoms with Gasteiger partial charge in [0.1, 0.15) is 17.4 Å². The lowest BCUT2D eigenvalue weighted by molar-refractivity contribution is -0.118. The van der Waals surface area contributed by atoms with Crippen molar-refractivity contribution in [2.45, 2.75) is 39.9 Å². The Morgan fingerprint density at radius 2 is 1.88 bits per heavy atom. The van der Waals surface area contributed by atoms with E-state index < -0.39 is 17.5 Å². The Hall–Kier alpha value is -3.70. The SMILES string of the molecule is Cc1nc(NCc2cn(Cc3cc(F)c(F)c(F)c3)nn2)nc2c1NC(=O)[C@H](C(C)C)N2C. The second-order valence-corrected chi connectivity index (χ2v) is 8.25. The van der Waals surface area contributed by atoms with Crippen molar-refractivity contribution < 1.29 is 18.0 Å². The smallest absolute Gasteiger partial charge is 0.247 e. The van der Waals surface area contributed by atoms with Crippen molar-refractivity contribution in [1.29, 1.82) is 0 Å². The maximum Gasteiger partial charge on any atom is 0.247 e. The van der Waals surface area contributed by atoms with E-state index in [9.17, 15) is 18.0 Å². The molecular weight excluding hydrogens is 437 g/mol. The average Bonchev–Trinajstić information content (AvgIpc) is 3.18. The molecule has 1 amide bonds. The molecule has 33 heavy (non-hydrogen) atoms. The van der Waals surface area contributed by atoms with Gasteiger partial charge in [0.25, 0.3) is 0 Å². The van der Waals surface area contributed by atoms with Crippen molar-refractivity contribution in [3.05, 3.63) is 52.7 Å². The van der Waals surface area contributed by atoms with Crippen LogP contribution in [0.15, 0.2) is 18.3 Å². The molecule has 0 saturated heterocycles. The van der Waals surface area contributed by atoms with Gasteiger partial charge in [-0.2, -0.15) is 4.98 Å². The van der Waals surface area contributed by atoms with Crippen LogP contribution in [-0.4, -0.2) is 44.0 Å². The van der Waals surface area contributed by atoms with Crippen molar-refractivity contribution in [3.63, 3.8) is 0 Å². The minimum atomic E-state index is -1.51. The molecule has 0 bridgehead atoms. The summed E-state index contributed by atoms with van der Waals surface area (Å²) in [4.78, 5) is 23.2. The van der Waals surface area contributed by atoms with Gasteiger partial charge < -0.3 is 15.5 Å². The highest BCUT2D eigenvalue weighted by atomic mass is 19.2. The van der Waals surface area contributed by atoms with Gasteiger partial charge in [-0.05, 0) is 30.5 Å². The fourth-order valence-corrected chi connectivity index (χ4v) is 3.85. The largest absolute Gasteiger partial charge is 0.348 e. The molecule has 174 valence electrons. The van der Waals surface area contributed by atoms with Crippen molar-refractivity contribution in [2.24, 2.45) is 5.92 Å². The number of carbonyl (C=O) groups is 1. The maximum atomic E-state index is 13.4. The molecule has 2 N–H and O–H groups in total. The number of rotatable bonds is 6. The highest BCUT2D eigenvalue weighted by Gasteiger charge is 2.35. The van der Waals surface area contributed by atoms with Crippen LogP contribution in [0.1, 0.15) is 30.8 Å². The van der Waals surface area contributed by atoms with E-state index in [1.54, 1.807) is 13.1 Å². The number of aromatic nitrogens is 5. The number of halogens is 3. The molecule has 2 aromatic heterocycles. The number of nitrogens with one attached hydrogen (secondary N) is 2. The van der Waals surface area contributed by atoms with Gasteiger partial charge in [-0.3, -0.25) is 4.79 Å². The summed E-state index contributed by atoms with van der Waals surface area (Å²) in [5.74, 6) is -3.05. The van der Waals surface area contributed by atoms with Crippen LogP contribution in [0.3, 0.4) is 0 Å². The van der Waals surface area contributed by atoms with Gasteiger partial charge in [-0.1, -0.05) is 19.1 Å². The number of likely N-dealkylation sites (N-methyl/N-ethyl adjacent to an activating group) is 1. The first kappa shape index (κ1) is 22.5. The van der Waals surface area contributed by atoms with Gasteiger partial charge in [-0.25, -0.2) is 22.8 Å². The van der Waals surface area contributed by atoms with E-state index in [1.165, 1.54) is 4.68 Å². The molecule has 12 heteroatoms. The Bertz CT molecular complexity index is 1190. The lowest BCUT2D eigenvalue weighted by Crippen LogP contribution is -2.49. The lowest BCUT2D eigenvalue weighted by atomic mass is 9.99. The quantitative estimate of drug-likeness (QED) is 0.546. The molecule has 3 aromatic rings. The molecule has 0 aliphatic carbocycles. The number of aryl methyl sites for hydroxylation is 1. The van der Waals surface area contributed by atoms with Crippen molar-refractivity contribution in [3.8, 4) is 0 Å². The molecule has 1 aliphatic rings. The van der Waals surface area contributed by atoms with Crippen molar-refractivity contribution in [2.75, 3.05) is 22.6 Å². The third-order valence-corrected chi connectivity index (χ3v) is 5.37. The van der Waals surface area contributed by atoms with E-state index in [1.807, 2.05) is 25.8 Å². The van der Waals surface area contributed by atoms with E-state index in [0.717, 1.165) is 12.1 Å². The molecule has 1 aliphatic heterocycles. The van der Waals surface area contributed by atoms with Gasteiger partial charge >= 0.3 is 0 Å². The topological polar surface area (TPSA) is 101 Å². The molecule has 0 fully saturated rings. The zero-order chi connectivity index (χ0) is 23.9. The van der Waals surface area contributed by atoms with Crippen LogP contribution < -0.4 is 15.5 Å². The second kappa shape index (κ2) is 8.68. The first-order chi connectivity index (χ1) is 15.6. The van der Waals surface area contributed by atoms with Gasteiger partial charge in [-0.15, -0.1) is 5.10 Å². The summed E-state index contributed by atoms with van der Waals surface area (Å²) in [6.45, 7) is 5.99. The number of hydrogen-bond acceptors (Lipinski definition) is 7. The molecule has 4 rings (SSSR count). The molecule has 1 aromatic carbocycles. The third-order valence-electron chi connectivity index (χ3n) is 5.37. The number of amides is 1. The summed E-state index contributed by atoms with van der Waals surface area (Å²) >= 11 is 0. The molecule has 0 unspecified atom stereocenters. The maximum absolute atomic E-state index is 13.4. The van der Waals surface area contributed by atoms with E-state index in [2.05, 4.69) is 30.9 Å². The Kier molecular flexibility index (Phi) is 5.91. The summed E-state index contributed by atoms with van der Waals surface area (Å²) in [7, 11) is 1.82. The first-order valence-electron chi connectivity index (χ1n) is 10.3. The summed E-state index contributed by atoms with van der Waals surface area (Å²) in [5.41, 5.74) is 1.96. The van der Waals surface area contributed by atoms with Crippen LogP contribution in [0.4, 0.5) is 30.6 Å². The number of nitrogens with zero attached hydrogens (tertiary/aromatic N) is 6. The predicted octanol–water partition coefficient (Wildman–Crippen LogP) is 2.87. The number of fused-ring (bicyclic) bond motifs is 1. The summed E-state index contributed by atoms with van der Waals surface area (Å²) in [5, 5.41) is 13.9. The highest BCUT2D eigenvalue weighted by Crippen LogP contribution is 2.34. The second-order valence-electron chi connectivity index (χ2n) is 8.25. The van der Waals surface area contributed by atoms with Gasteiger partial charge in [0.05, 0.1) is 25.0 Å². The van der Waals surface area contributed by atoms with Crippen molar-refractivity contribution >= 4 is 23.4 Å². The van der Waals surface area contributed by atoms with E-state index in [0.29, 0.717) is 28.8 Å². The van der Waals surface area contributed by atoms with Crippen molar-refractivity contribution in [1.82, 2.24) is 25.0 Å². The number of anilines is 3. The normalized spacial score (nSPS) is 15.6. The molecule has 0 radical (unpaired) electrons. The monoisotopic (exact) mass is 460 g/mol. The number of benzene rings is 1. The molecule has 3 heterocycles. The average molecular weight is 460 g/mol. The Balaban J connectivity index is 1.47. The van der Waals surface area contributed by atoms with Gasteiger partial charge in [0.2, 0.25) is 11.9 Å². The van der Waals surface area contributed by atoms with Crippen LogP contribution in [-0.2, 0) is 17.9 Å². The van der Waals surface area contributed by atoms with E-state index in [4.69, 9.17) is 0 Å². The zero-order valence-electron chi connectivity index (χ0n) is 18.5. The first-order valence-corrected chi connectivity index (χ1v) is 10.3. The summed E-state index contributed by atoms with van der Waals surface area (Å²) < 4.78 is 41.3. The summed E-state index contributed by atoms with van der Waals surface area (Å²) in [6.07, 6.45) is 1.60. The van der Waals surface area contributed by atoms with E-state index >= 15 is 0 Å². The standard InChI is InChI=1S/C21H23F3N8O/c1-10(2)18-20(33)27-17-11(3)26-21(28-19(17)31(18)4)25-7-13-9-32(30-29-13)8-12-5-14(22)16(24)15(23)6-12/h5-6,9-10,18H,7-8H2,1-4H3,(H,27,33)(H,25,26,28)/t18-/m0/s1. The van der Waals surface area contributed by atoms with Crippen LogP contribution in [0.25, 0.3) is 0 Å². The Morgan fingerprint density at radius 1 is 1.18 bits per heavy atom. The van der Waals surface area contributed by atoms with Crippen LogP contribution in [0.2, 0.25) is 0 Å². The van der Waals surface area contributed by atoms with Crippen LogP contribution in [0.5, 0.6) is 0 Å². The number of carbonyl (C=O) groups excluding carboxylic acids is 1. The van der Waals surface area contributed by atoms with E-state index in [-0.39, 0.29) is 36.5 Å². The number of hydrogen-bond donors (Lipinski definition) is 2. The molecule has 1 atom stereocenters. The fraction of sp³-hybridized carbons (Fsp3) is 0.381. The molecule has 0 saturated carbocycles. The fourth-order valence-electron chi connectivity index (χ4n) is 3.85. The summed E-state index contributed by atoms with van der Waals surface area (Å²) in [6, 6.07) is 1.49. The zero-order valence-corrected chi connectivity index (χ0v) is 18.5. The minimum Gasteiger partial charge on any atom is -0.348 e.